The molecule has 0 aromatic heterocycles. The van der Waals surface area contributed by atoms with Crippen molar-refractivity contribution >= 4 is 11.6 Å². The molecule has 0 saturated heterocycles. The number of rotatable bonds is 6. The number of methoxy groups -OCH3 is 1. The molecule has 0 bridgehead atoms. The van der Waals surface area contributed by atoms with Crippen LogP contribution in [0.25, 0.3) is 0 Å². The summed E-state index contributed by atoms with van der Waals surface area (Å²) in [4.78, 5) is 0. The van der Waals surface area contributed by atoms with E-state index in [1.165, 1.54) is 0 Å². The van der Waals surface area contributed by atoms with Crippen molar-refractivity contribution in [2.24, 2.45) is 0 Å². The van der Waals surface area contributed by atoms with Gasteiger partial charge in [-0.3, -0.25) is 0 Å². The van der Waals surface area contributed by atoms with Crippen LogP contribution in [0.15, 0.2) is 18.2 Å². The van der Waals surface area contributed by atoms with Crippen LogP contribution in [0.5, 0.6) is 5.75 Å². The third kappa shape index (κ3) is 3.77. The van der Waals surface area contributed by atoms with Crippen molar-refractivity contribution in [3.8, 4) is 18.1 Å². The molecular weight excluding hydrogens is 222 g/mol. The molecule has 0 fully saturated rings. The minimum Gasteiger partial charge on any atom is -0.496 e. The third-order valence-electron chi connectivity index (χ3n) is 2.27. The Hall–Kier alpha value is -1.17. The SMILES string of the molecule is C#CCCCNCc1c(Cl)cccc1OC. The molecule has 0 aliphatic carbocycles. The van der Waals surface area contributed by atoms with E-state index in [1.807, 2.05) is 18.2 Å². The number of halogens is 1. The van der Waals surface area contributed by atoms with Crippen molar-refractivity contribution in [2.45, 2.75) is 19.4 Å². The van der Waals surface area contributed by atoms with Gasteiger partial charge in [0.25, 0.3) is 0 Å². The Kier molecular flexibility index (Phi) is 5.77. The fourth-order valence-corrected chi connectivity index (χ4v) is 1.66. The average molecular weight is 238 g/mol. The minimum atomic E-state index is 0.702. The van der Waals surface area contributed by atoms with E-state index in [-0.39, 0.29) is 0 Å². The van der Waals surface area contributed by atoms with Crippen molar-refractivity contribution in [1.29, 1.82) is 0 Å². The smallest absolute Gasteiger partial charge is 0.124 e. The summed E-state index contributed by atoms with van der Waals surface area (Å²) in [5, 5.41) is 4.02. The highest BCUT2D eigenvalue weighted by Gasteiger charge is 2.06. The molecule has 0 saturated carbocycles. The van der Waals surface area contributed by atoms with Crippen LogP contribution in [0.3, 0.4) is 0 Å². The van der Waals surface area contributed by atoms with Crippen LogP contribution in [0.2, 0.25) is 5.02 Å². The molecule has 0 aliphatic rings. The quantitative estimate of drug-likeness (QED) is 0.607. The lowest BCUT2D eigenvalue weighted by Gasteiger charge is -2.10. The molecule has 0 unspecified atom stereocenters. The van der Waals surface area contributed by atoms with Gasteiger partial charge >= 0.3 is 0 Å². The Morgan fingerprint density at radius 2 is 2.31 bits per heavy atom. The molecule has 3 heteroatoms. The number of unbranched alkanes of at least 4 members (excludes halogenated alkanes) is 1. The van der Waals surface area contributed by atoms with E-state index in [9.17, 15) is 0 Å². The number of ether oxygens (including phenoxy) is 1. The lowest BCUT2D eigenvalue weighted by atomic mass is 10.2. The van der Waals surface area contributed by atoms with Crippen LogP contribution in [0.4, 0.5) is 0 Å². The minimum absolute atomic E-state index is 0.702. The van der Waals surface area contributed by atoms with E-state index in [0.717, 1.165) is 35.7 Å². The topological polar surface area (TPSA) is 21.3 Å². The molecule has 1 aromatic carbocycles. The second kappa shape index (κ2) is 7.16. The Bertz CT molecular complexity index is 371. The summed E-state index contributed by atoms with van der Waals surface area (Å²) in [7, 11) is 1.65. The first kappa shape index (κ1) is 12.9. The zero-order valence-corrected chi connectivity index (χ0v) is 10.2. The molecule has 0 aliphatic heterocycles. The number of hydrogen-bond acceptors (Lipinski definition) is 2. The Morgan fingerprint density at radius 1 is 1.50 bits per heavy atom. The summed E-state index contributed by atoms with van der Waals surface area (Å²) < 4.78 is 5.25. The Balaban J connectivity index is 2.50. The van der Waals surface area contributed by atoms with Crippen molar-refractivity contribution in [3.63, 3.8) is 0 Å². The summed E-state index contributed by atoms with van der Waals surface area (Å²) in [5.41, 5.74) is 0.993. The van der Waals surface area contributed by atoms with Gasteiger partial charge in [0.05, 0.1) is 7.11 Å². The maximum absolute atomic E-state index is 6.10. The highest BCUT2D eigenvalue weighted by atomic mass is 35.5. The van der Waals surface area contributed by atoms with Gasteiger partial charge in [-0.15, -0.1) is 12.3 Å². The van der Waals surface area contributed by atoms with Gasteiger partial charge in [0.15, 0.2) is 0 Å². The van der Waals surface area contributed by atoms with E-state index in [0.29, 0.717) is 6.54 Å². The van der Waals surface area contributed by atoms with Crippen LogP contribution < -0.4 is 10.1 Å². The first-order valence-corrected chi connectivity index (χ1v) is 5.63. The Morgan fingerprint density at radius 3 is 3.00 bits per heavy atom. The van der Waals surface area contributed by atoms with E-state index in [4.69, 9.17) is 22.8 Å². The molecule has 0 heterocycles. The van der Waals surface area contributed by atoms with Gasteiger partial charge in [-0.25, -0.2) is 0 Å². The zero-order chi connectivity index (χ0) is 11.8. The number of nitrogens with one attached hydrogen (secondary N) is 1. The van der Waals surface area contributed by atoms with Crippen molar-refractivity contribution in [3.05, 3.63) is 28.8 Å². The monoisotopic (exact) mass is 237 g/mol. The van der Waals surface area contributed by atoms with E-state index < -0.39 is 0 Å². The molecule has 1 rings (SSSR count). The van der Waals surface area contributed by atoms with Crippen LogP contribution in [-0.4, -0.2) is 13.7 Å². The largest absolute Gasteiger partial charge is 0.496 e. The molecule has 2 nitrogen and oxygen atoms in total. The van der Waals surface area contributed by atoms with E-state index >= 15 is 0 Å². The maximum Gasteiger partial charge on any atom is 0.124 e. The fraction of sp³-hybridized carbons (Fsp3) is 0.385. The number of benzene rings is 1. The summed E-state index contributed by atoms with van der Waals surface area (Å²) in [6.45, 7) is 1.59. The molecule has 1 N–H and O–H groups in total. The maximum atomic E-state index is 6.10. The Labute approximate surface area is 102 Å². The molecule has 0 amide bonds. The van der Waals surface area contributed by atoms with Gasteiger partial charge in [-0.2, -0.15) is 0 Å². The van der Waals surface area contributed by atoms with Crippen molar-refractivity contribution < 1.29 is 4.74 Å². The summed E-state index contributed by atoms with van der Waals surface area (Å²) in [6.07, 6.45) is 6.95. The van der Waals surface area contributed by atoms with Crippen molar-refractivity contribution in [2.75, 3.05) is 13.7 Å². The first-order chi connectivity index (χ1) is 7.79. The molecule has 86 valence electrons. The zero-order valence-electron chi connectivity index (χ0n) is 9.42. The summed E-state index contributed by atoms with van der Waals surface area (Å²) in [6, 6.07) is 5.65. The molecule has 0 spiro atoms. The van der Waals surface area contributed by atoms with Crippen LogP contribution in [-0.2, 0) is 6.54 Å². The first-order valence-electron chi connectivity index (χ1n) is 5.25. The summed E-state index contributed by atoms with van der Waals surface area (Å²) in [5.74, 6) is 3.43. The van der Waals surface area contributed by atoms with Crippen LogP contribution >= 0.6 is 11.6 Å². The number of hydrogen-bond donors (Lipinski definition) is 1. The predicted molar refractivity (Wildman–Crippen MR) is 67.8 cm³/mol. The van der Waals surface area contributed by atoms with Gasteiger partial charge in [0, 0.05) is 23.6 Å². The highest BCUT2D eigenvalue weighted by Crippen LogP contribution is 2.25. The molecule has 1 aromatic rings. The third-order valence-corrected chi connectivity index (χ3v) is 2.63. The lowest BCUT2D eigenvalue weighted by molar-refractivity contribution is 0.407. The van der Waals surface area contributed by atoms with Crippen molar-refractivity contribution in [1.82, 2.24) is 5.32 Å². The van der Waals surface area contributed by atoms with E-state index in [1.54, 1.807) is 7.11 Å². The normalized spacial score (nSPS) is 9.81. The molecule has 16 heavy (non-hydrogen) atoms. The van der Waals surface area contributed by atoms with Crippen LogP contribution in [0, 0.1) is 12.3 Å². The second-order valence-corrected chi connectivity index (χ2v) is 3.81. The van der Waals surface area contributed by atoms with Gasteiger partial charge < -0.3 is 10.1 Å². The van der Waals surface area contributed by atoms with Gasteiger partial charge in [-0.05, 0) is 25.1 Å². The fourth-order valence-electron chi connectivity index (χ4n) is 1.43. The lowest BCUT2D eigenvalue weighted by Crippen LogP contribution is -2.15. The van der Waals surface area contributed by atoms with Gasteiger partial charge in [0.2, 0.25) is 0 Å². The van der Waals surface area contributed by atoms with E-state index in [2.05, 4.69) is 11.2 Å². The summed E-state index contributed by atoms with van der Waals surface area (Å²) >= 11 is 6.10. The van der Waals surface area contributed by atoms with Crippen LogP contribution in [0.1, 0.15) is 18.4 Å². The standard InChI is InChI=1S/C13H16ClNO/c1-3-4-5-9-15-10-11-12(14)7-6-8-13(11)16-2/h1,6-8,15H,4-5,9-10H2,2H3. The van der Waals surface area contributed by atoms with Gasteiger partial charge in [0.1, 0.15) is 5.75 Å². The van der Waals surface area contributed by atoms with Gasteiger partial charge in [-0.1, -0.05) is 17.7 Å². The average Bonchev–Trinajstić information content (AvgIpc) is 2.30. The molecule has 0 radical (unpaired) electrons. The number of terminal acetylenes is 1. The molecule has 0 atom stereocenters. The molecular formula is C13H16ClNO. The second-order valence-electron chi connectivity index (χ2n) is 3.41. The predicted octanol–water partition coefficient (Wildman–Crippen LogP) is 2.85. The highest BCUT2D eigenvalue weighted by molar-refractivity contribution is 6.31.